The molecule has 2 heterocycles. The van der Waals surface area contributed by atoms with E-state index in [0.29, 0.717) is 18.7 Å². The van der Waals surface area contributed by atoms with E-state index in [0.717, 1.165) is 24.6 Å². The number of rotatable bonds is 4. The van der Waals surface area contributed by atoms with E-state index in [9.17, 15) is 4.79 Å². The van der Waals surface area contributed by atoms with Crippen molar-refractivity contribution < 1.29 is 4.79 Å². The number of carbonyl (C=O) groups excluding carboxylic acids is 1. The van der Waals surface area contributed by atoms with E-state index in [-0.39, 0.29) is 12.5 Å². The van der Waals surface area contributed by atoms with Gasteiger partial charge in [-0.05, 0) is 30.3 Å². The van der Waals surface area contributed by atoms with E-state index in [4.69, 9.17) is 5.26 Å². The smallest absolute Gasteiger partial charge is 0.241 e. The first-order valence-electron chi connectivity index (χ1n) is 7.94. The quantitative estimate of drug-likeness (QED) is 0.928. The lowest BCUT2D eigenvalue weighted by molar-refractivity contribution is -0.129. The number of amides is 1. The maximum absolute atomic E-state index is 12.3. The second-order valence-electron chi connectivity index (χ2n) is 5.60. The fraction of sp³-hybridized carbons (Fsp3) is 0.278. The number of hydrogen-bond acceptors (Lipinski definition) is 5. The molecule has 1 aliphatic rings. The van der Waals surface area contributed by atoms with Crippen LogP contribution in [0.3, 0.4) is 0 Å². The van der Waals surface area contributed by atoms with Gasteiger partial charge in [-0.1, -0.05) is 12.1 Å². The third-order valence-corrected chi connectivity index (χ3v) is 4.04. The minimum Gasteiger partial charge on any atom is -0.376 e. The van der Waals surface area contributed by atoms with E-state index >= 15 is 0 Å². The molecule has 122 valence electrons. The summed E-state index contributed by atoms with van der Waals surface area (Å²) in [6, 6.07) is 15.1. The van der Waals surface area contributed by atoms with Crippen LogP contribution in [-0.2, 0) is 4.79 Å². The molecule has 1 aromatic carbocycles. The van der Waals surface area contributed by atoms with Crippen LogP contribution in [-0.4, -0.2) is 48.5 Å². The third-order valence-electron chi connectivity index (χ3n) is 4.04. The van der Waals surface area contributed by atoms with Crippen molar-refractivity contribution in [2.45, 2.75) is 0 Å². The molecule has 1 aliphatic heterocycles. The van der Waals surface area contributed by atoms with Crippen LogP contribution >= 0.6 is 0 Å². The molecule has 2 aromatic rings. The van der Waals surface area contributed by atoms with Crippen molar-refractivity contribution in [3.63, 3.8) is 0 Å². The molecule has 1 aromatic heterocycles. The number of hydrogen-bond donors (Lipinski definition) is 1. The summed E-state index contributed by atoms with van der Waals surface area (Å²) in [5.74, 6) is 1.02. The lowest BCUT2D eigenvalue weighted by atomic mass is 10.2. The fourth-order valence-corrected chi connectivity index (χ4v) is 2.71. The number of pyridine rings is 1. The Kier molecular flexibility index (Phi) is 4.92. The minimum absolute atomic E-state index is 0.0676. The highest BCUT2D eigenvalue weighted by atomic mass is 16.2. The number of nitrogens with zero attached hydrogens (tertiary/aromatic N) is 4. The summed E-state index contributed by atoms with van der Waals surface area (Å²) in [5.41, 5.74) is 1.37. The van der Waals surface area contributed by atoms with Gasteiger partial charge in [0.2, 0.25) is 5.91 Å². The monoisotopic (exact) mass is 321 g/mol. The van der Waals surface area contributed by atoms with E-state index in [1.807, 2.05) is 29.2 Å². The summed E-state index contributed by atoms with van der Waals surface area (Å²) in [4.78, 5) is 20.7. The summed E-state index contributed by atoms with van der Waals surface area (Å²) < 4.78 is 0. The predicted octanol–water partition coefficient (Wildman–Crippen LogP) is 1.71. The second kappa shape index (κ2) is 7.47. The van der Waals surface area contributed by atoms with Crippen LogP contribution in [0, 0.1) is 11.3 Å². The zero-order valence-corrected chi connectivity index (χ0v) is 13.4. The molecular weight excluding hydrogens is 302 g/mol. The van der Waals surface area contributed by atoms with Gasteiger partial charge in [0.15, 0.2) is 0 Å². The fourth-order valence-electron chi connectivity index (χ4n) is 2.71. The molecule has 1 saturated heterocycles. The maximum Gasteiger partial charge on any atom is 0.241 e. The summed E-state index contributed by atoms with van der Waals surface area (Å²) in [5, 5.41) is 12.0. The standard InChI is InChI=1S/C18H19N5O/c19-13-15-4-3-5-16(12-15)21-14-18(24)23-10-8-22(9-11-23)17-6-1-2-7-20-17/h1-7,12,21H,8-11,14H2. The Morgan fingerprint density at radius 3 is 2.71 bits per heavy atom. The lowest BCUT2D eigenvalue weighted by Crippen LogP contribution is -2.50. The Morgan fingerprint density at radius 1 is 1.17 bits per heavy atom. The normalized spacial score (nSPS) is 14.1. The lowest BCUT2D eigenvalue weighted by Gasteiger charge is -2.35. The van der Waals surface area contributed by atoms with Crippen molar-refractivity contribution in [1.82, 2.24) is 9.88 Å². The average molecular weight is 321 g/mol. The Bertz CT molecular complexity index is 733. The summed E-state index contributed by atoms with van der Waals surface area (Å²) in [6.07, 6.45) is 1.78. The van der Waals surface area contributed by atoms with E-state index in [2.05, 4.69) is 21.3 Å². The Hall–Kier alpha value is -3.07. The van der Waals surface area contributed by atoms with Gasteiger partial charge < -0.3 is 15.1 Å². The van der Waals surface area contributed by atoms with Crippen LogP contribution in [0.25, 0.3) is 0 Å². The van der Waals surface area contributed by atoms with Gasteiger partial charge in [-0.3, -0.25) is 4.79 Å². The van der Waals surface area contributed by atoms with Crippen LogP contribution in [0.4, 0.5) is 11.5 Å². The molecule has 0 spiro atoms. The van der Waals surface area contributed by atoms with Crippen molar-refractivity contribution in [1.29, 1.82) is 5.26 Å². The van der Waals surface area contributed by atoms with Crippen molar-refractivity contribution in [3.05, 3.63) is 54.2 Å². The van der Waals surface area contributed by atoms with Gasteiger partial charge in [-0.25, -0.2) is 4.98 Å². The van der Waals surface area contributed by atoms with Gasteiger partial charge in [0.05, 0.1) is 18.2 Å². The summed E-state index contributed by atoms with van der Waals surface area (Å²) in [7, 11) is 0. The van der Waals surface area contributed by atoms with Gasteiger partial charge in [0.25, 0.3) is 0 Å². The predicted molar refractivity (Wildman–Crippen MR) is 92.7 cm³/mol. The summed E-state index contributed by atoms with van der Waals surface area (Å²) in [6.45, 7) is 3.18. The Labute approximate surface area is 141 Å². The van der Waals surface area contributed by atoms with Crippen LogP contribution in [0.5, 0.6) is 0 Å². The number of carbonyl (C=O) groups is 1. The molecule has 0 unspecified atom stereocenters. The molecule has 0 aliphatic carbocycles. The van der Waals surface area contributed by atoms with Gasteiger partial charge in [-0.15, -0.1) is 0 Å². The van der Waals surface area contributed by atoms with Crippen LogP contribution in [0.1, 0.15) is 5.56 Å². The molecule has 1 N–H and O–H groups in total. The molecule has 0 bridgehead atoms. The van der Waals surface area contributed by atoms with Crippen molar-refractivity contribution in [3.8, 4) is 6.07 Å². The first-order chi connectivity index (χ1) is 11.8. The van der Waals surface area contributed by atoms with Gasteiger partial charge in [-0.2, -0.15) is 5.26 Å². The number of anilines is 2. The van der Waals surface area contributed by atoms with Crippen LogP contribution in [0.15, 0.2) is 48.7 Å². The Morgan fingerprint density at radius 2 is 2.00 bits per heavy atom. The number of aromatic nitrogens is 1. The molecule has 0 saturated carbocycles. The highest BCUT2D eigenvalue weighted by molar-refractivity contribution is 5.81. The van der Waals surface area contributed by atoms with Gasteiger partial charge >= 0.3 is 0 Å². The molecule has 1 amide bonds. The van der Waals surface area contributed by atoms with Gasteiger partial charge in [0, 0.05) is 38.1 Å². The number of piperazine rings is 1. The molecule has 3 rings (SSSR count). The highest BCUT2D eigenvalue weighted by Crippen LogP contribution is 2.13. The number of nitrogens with one attached hydrogen (secondary N) is 1. The minimum atomic E-state index is 0.0676. The van der Waals surface area contributed by atoms with E-state index in [1.165, 1.54) is 0 Å². The van der Waals surface area contributed by atoms with E-state index < -0.39 is 0 Å². The average Bonchev–Trinajstić information content (AvgIpc) is 2.67. The first-order valence-corrected chi connectivity index (χ1v) is 7.94. The van der Waals surface area contributed by atoms with Crippen molar-refractivity contribution in [2.24, 2.45) is 0 Å². The van der Waals surface area contributed by atoms with Crippen LogP contribution < -0.4 is 10.2 Å². The third kappa shape index (κ3) is 3.82. The molecule has 24 heavy (non-hydrogen) atoms. The zero-order chi connectivity index (χ0) is 16.8. The summed E-state index contributed by atoms with van der Waals surface area (Å²) >= 11 is 0. The van der Waals surface area contributed by atoms with Crippen molar-refractivity contribution >= 4 is 17.4 Å². The second-order valence-corrected chi connectivity index (χ2v) is 5.60. The molecule has 6 nitrogen and oxygen atoms in total. The van der Waals surface area contributed by atoms with E-state index in [1.54, 1.807) is 24.4 Å². The number of benzene rings is 1. The molecule has 0 radical (unpaired) electrons. The topological polar surface area (TPSA) is 72.3 Å². The van der Waals surface area contributed by atoms with Crippen molar-refractivity contribution in [2.75, 3.05) is 42.9 Å². The van der Waals surface area contributed by atoms with Gasteiger partial charge in [0.1, 0.15) is 5.82 Å². The largest absolute Gasteiger partial charge is 0.376 e. The first kappa shape index (κ1) is 15.8. The SMILES string of the molecule is N#Cc1cccc(NCC(=O)N2CCN(c3ccccn3)CC2)c1. The highest BCUT2D eigenvalue weighted by Gasteiger charge is 2.21. The molecular formula is C18H19N5O. The molecule has 6 heteroatoms. The zero-order valence-electron chi connectivity index (χ0n) is 13.4. The van der Waals surface area contributed by atoms with Crippen LogP contribution in [0.2, 0.25) is 0 Å². The molecule has 1 fully saturated rings. The molecule has 0 atom stereocenters. The Balaban J connectivity index is 1.49. The maximum atomic E-state index is 12.3. The number of nitriles is 1.